The molecule has 0 saturated heterocycles. The van der Waals surface area contributed by atoms with E-state index in [9.17, 15) is 4.79 Å². The van der Waals surface area contributed by atoms with Crippen molar-refractivity contribution in [2.75, 3.05) is 5.32 Å². The van der Waals surface area contributed by atoms with Crippen molar-refractivity contribution in [2.45, 2.75) is 13.5 Å². The van der Waals surface area contributed by atoms with Crippen LogP contribution in [0.2, 0.25) is 0 Å². The molecule has 0 atom stereocenters. The van der Waals surface area contributed by atoms with E-state index in [0.29, 0.717) is 18.1 Å². The second-order valence-corrected chi connectivity index (χ2v) is 4.65. The van der Waals surface area contributed by atoms with E-state index in [-0.39, 0.29) is 5.56 Å². The molecule has 0 aliphatic rings. The van der Waals surface area contributed by atoms with E-state index in [2.05, 4.69) is 26.2 Å². The lowest BCUT2D eigenvalue weighted by atomic mass is 10.2. The molecule has 0 bridgehead atoms. The Morgan fingerprint density at radius 2 is 2.28 bits per heavy atom. The van der Waals surface area contributed by atoms with E-state index in [1.165, 1.54) is 6.07 Å². The van der Waals surface area contributed by atoms with Gasteiger partial charge < -0.3 is 14.8 Å². The Morgan fingerprint density at radius 3 is 2.89 bits per heavy atom. The van der Waals surface area contributed by atoms with Crippen molar-refractivity contribution in [1.29, 1.82) is 0 Å². The fraction of sp³-hybridized carbons (Fsp3) is 0.167. The molecule has 0 aromatic carbocycles. The molecule has 0 amide bonds. The fourth-order valence-corrected chi connectivity index (χ4v) is 1.91. The lowest BCUT2D eigenvalue weighted by Crippen LogP contribution is -1.99. The first-order valence-corrected chi connectivity index (χ1v) is 6.02. The van der Waals surface area contributed by atoms with Gasteiger partial charge in [0.25, 0.3) is 0 Å². The molecule has 6 heteroatoms. The van der Waals surface area contributed by atoms with Crippen molar-refractivity contribution in [1.82, 2.24) is 4.98 Å². The maximum atomic E-state index is 10.9. The van der Waals surface area contributed by atoms with E-state index < -0.39 is 5.97 Å². The number of nitrogens with zero attached hydrogens (tertiary/aromatic N) is 1. The van der Waals surface area contributed by atoms with Crippen LogP contribution in [0.3, 0.4) is 0 Å². The molecule has 0 aliphatic heterocycles. The average Bonchev–Trinajstić information content (AvgIpc) is 2.68. The first-order chi connectivity index (χ1) is 8.56. The van der Waals surface area contributed by atoms with Crippen molar-refractivity contribution < 1.29 is 14.3 Å². The summed E-state index contributed by atoms with van der Waals surface area (Å²) in [6.07, 6.45) is 3.36. The topological polar surface area (TPSA) is 75.4 Å². The maximum absolute atomic E-state index is 10.9. The van der Waals surface area contributed by atoms with Gasteiger partial charge in [0.1, 0.15) is 17.1 Å². The highest BCUT2D eigenvalue weighted by Gasteiger charge is 2.13. The third-order valence-corrected chi connectivity index (χ3v) is 2.80. The minimum atomic E-state index is -0.980. The molecule has 2 heterocycles. The second-order valence-electron chi connectivity index (χ2n) is 3.73. The zero-order chi connectivity index (χ0) is 13.1. The van der Waals surface area contributed by atoms with Crippen LogP contribution in [0.25, 0.3) is 0 Å². The number of furan rings is 1. The third-order valence-electron chi connectivity index (χ3n) is 2.37. The summed E-state index contributed by atoms with van der Waals surface area (Å²) in [5, 5.41) is 12.0. The van der Waals surface area contributed by atoms with Gasteiger partial charge in [0.15, 0.2) is 0 Å². The maximum Gasteiger partial charge on any atom is 0.339 e. The molecule has 0 fully saturated rings. The predicted octanol–water partition coefficient (Wildman–Crippen LogP) is 3.06. The number of carbonyl (C=O) groups is 1. The molecular weight excluding hydrogens is 300 g/mol. The number of carboxylic acids is 1. The molecule has 0 radical (unpaired) electrons. The van der Waals surface area contributed by atoms with Crippen LogP contribution in [0.5, 0.6) is 0 Å². The lowest BCUT2D eigenvalue weighted by Gasteiger charge is -2.03. The zero-order valence-corrected chi connectivity index (χ0v) is 11.2. The summed E-state index contributed by atoms with van der Waals surface area (Å²) in [5.74, 6) is 0.00293. The number of carboxylic acid groups (broad SMARTS) is 1. The third kappa shape index (κ3) is 2.89. The van der Waals surface area contributed by atoms with Gasteiger partial charge in [-0.25, -0.2) is 4.79 Å². The SMILES string of the molecule is Cc1oc(CNc2cncc(Br)c2)cc1C(=O)O. The van der Waals surface area contributed by atoms with E-state index in [0.717, 1.165) is 10.2 Å². The Bertz CT molecular complexity index is 580. The van der Waals surface area contributed by atoms with Gasteiger partial charge in [-0.05, 0) is 35.0 Å². The molecular formula is C12H11BrN2O3. The van der Waals surface area contributed by atoms with E-state index in [1.54, 1.807) is 19.3 Å². The fourth-order valence-electron chi connectivity index (χ4n) is 1.54. The Morgan fingerprint density at radius 1 is 1.50 bits per heavy atom. The van der Waals surface area contributed by atoms with Crippen LogP contribution in [-0.2, 0) is 6.54 Å². The number of anilines is 1. The summed E-state index contributed by atoms with van der Waals surface area (Å²) < 4.78 is 6.22. The number of aromatic carboxylic acids is 1. The second kappa shape index (κ2) is 5.22. The molecule has 2 rings (SSSR count). The molecule has 0 unspecified atom stereocenters. The predicted molar refractivity (Wildman–Crippen MR) is 69.7 cm³/mol. The number of aromatic nitrogens is 1. The average molecular weight is 311 g/mol. The standard InChI is InChI=1S/C12H11BrN2O3/c1-7-11(12(16)17)3-10(18-7)6-15-9-2-8(13)4-14-5-9/h2-5,15H,6H2,1H3,(H,16,17). The highest BCUT2D eigenvalue weighted by atomic mass is 79.9. The van der Waals surface area contributed by atoms with Gasteiger partial charge in [0, 0.05) is 10.7 Å². The number of nitrogens with one attached hydrogen (secondary N) is 1. The molecule has 2 aromatic heterocycles. The van der Waals surface area contributed by atoms with Crippen LogP contribution in [-0.4, -0.2) is 16.1 Å². The van der Waals surface area contributed by atoms with Crippen LogP contribution < -0.4 is 5.32 Å². The van der Waals surface area contributed by atoms with E-state index in [1.807, 2.05) is 6.07 Å². The Hall–Kier alpha value is -1.82. The highest BCUT2D eigenvalue weighted by molar-refractivity contribution is 9.10. The summed E-state index contributed by atoms with van der Waals surface area (Å²) in [5.41, 5.74) is 1.02. The van der Waals surface area contributed by atoms with Gasteiger partial charge >= 0.3 is 5.97 Å². The zero-order valence-electron chi connectivity index (χ0n) is 9.61. The molecule has 2 aromatic rings. The monoisotopic (exact) mass is 310 g/mol. The van der Waals surface area contributed by atoms with Crippen molar-refractivity contribution >= 4 is 27.6 Å². The number of hydrogen-bond donors (Lipinski definition) is 2. The molecule has 94 valence electrons. The number of hydrogen-bond acceptors (Lipinski definition) is 4. The molecule has 5 nitrogen and oxygen atoms in total. The Balaban J connectivity index is 2.06. The van der Waals surface area contributed by atoms with Crippen molar-refractivity contribution in [2.24, 2.45) is 0 Å². The van der Waals surface area contributed by atoms with E-state index in [4.69, 9.17) is 9.52 Å². The van der Waals surface area contributed by atoms with Crippen LogP contribution >= 0.6 is 15.9 Å². The largest absolute Gasteiger partial charge is 0.478 e. The smallest absolute Gasteiger partial charge is 0.339 e. The van der Waals surface area contributed by atoms with Gasteiger partial charge in [0.2, 0.25) is 0 Å². The number of pyridine rings is 1. The Kier molecular flexibility index (Phi) is 3.66. The molecule has 0 spiro atoms. The van der Waals surface area contributed by atoms with Gasteiger partial charge in [-0.1, -0.05) is 0 Å². The van der Waals surface area contributed by atoms with Crippen LogP contribution in [0.15, 0.2) is 33.4 Å². The van der Waals surface area contributed by atoms with Crippen LogP contribution in [0.1, 0.15) is 21.9 Å². The lowest BCUT2D eigenvalue weighted by molar-refractivity contribution is 0.0695. The van der Waals surface area contributed by atoms with Crippen LogP contribution in [0.4, 0.5) is 5.69 Å². The van der Waals surface area contributed by atoms with E-state index >= 15 is 0 Å². The summed E-state index contributed by atoms with van der Waals surface area (Å²) in [6, 6.07) is 3.40. The molecule has 18 heavy (non-hydrogen) atoms. The summed E-state index contributed by atoms with van der Waals surface area (Å²) in [7, 11) is 0. The molecule has 2 N–H and O–H groups in total. The van der Waals surface area contributed by atoms with Gasteiger partial charge in [-0.15, -0.1) is 0 Å². The number of rotatable bonds is 4. The quantitative estimate of drug-likeness (QED) is 0.907. The minimum absolute atomic E-state index is 0.194. The first kappa shape index (κ1) is 12.6. The Labute approximate surface area is 112 Å². The number of aryl methyl sites for hydroxylation is 1. The summed E-state index contributed by atoms with van der Waals surface area (Å²) in [6.45, 7) is 2.04. The van der Waals surface area contributed by atoms with Crippen LogP contribution in [0, 0.1) is 6.92 Å². The number of halogens is 1. The normalized spacial score (nSPS) is 10.3. The van der Waals surface area contributed by atoms with Crippen molar-refractivity contribution in [3.8, 4) is 0 Å². The summed E-state index contributed by atoms with van der Waals surface area (Å²) in [4.78, 5) is 14.9. The van der Waals surface area contributed by atoms with Crippen molar-refractivity contribution in [3.05, 3.63) is 46.1 Å². The molecule has 0 aliphatic carbocycles. The van der Waals surface area contributed by atoms with Gasteiger partial charge in [-0.2, -0.15) is 0 Å². The van der Waals surface area contributed by atoms with Gasteiger partial charge in [0.05, 0.1) is 18.4 Å². The molecule has 0 saturated carbocycles. The first-order valence-electron chi connectivity index (χ1n) is 5.23. The minimum Gasteiger partial charge on any atom is -0.478 e. The summed E-state index contributed by atoms with van der Waals surface area (Å²) >= 11 is 3.32. The highest BCUT2D eigenvalue weighted by Crippen LogP contribution is 2.18. The van der Waals surface area contributed by atoms with Gasteiger partial charge in [-0.3, -0.25) is 4.98 Å². The van der Waals surface area contributed by atoms with Crippen molar-refractivity contribution in [3.63, 3.8) is 0 Å².